The Hall–Kier alpha value is -1.48. The summed E-state index contributed by atoms with van der Waals surface area (Å²) in [7, 11) is 1.99. The van der Waals surface area contributed by atoms with Crippen molar-refractivity contribution in [3.05, 3.63) is 35.9 Å². The number of nitrogens with zero attached hydrogens (tertiary/aromatic N) is 2. The topological polar surface area (TPSA) is 18.5 Å². The van der Waals surface area contributed by atoms with E-state index in [1.54, 1.807) is 0 Å². The fraction of sp³-hybridized carbons (Fsp3) is 0.529. The number of hydrogen-bond acceptors (Lipinski definition) is 3. The summed E-state index contributed by atoms with van der Waals surface area (Å²) < 4.78 is 0. The van der Waals surface area contributed by atoms with Crippen LogP contribution in [0.15, 0.2) is 30.3 Å². The maximum absolute atomic E-state index is 3.31. The number of nitrogens with one attached hydrogen (secondary N) is 1. The van der Waals surface area contributed by atoms with Crippen LogP contribution >= 0.6 is 0 Å². The van der Waals surface area contributed by atoms with Crippen molar-refractivity contribution in [2.24, 2.45) is 0 Å². The fourth-order valence-electron chi connectivity index (χ4n) is 3.08. The molecule has 0 radical (unpaired) electrons. The summed E-state index contributed by atoms with van der Waals surface area (Å²) in [5.41, 5.74) is 3.85. The molecule has 1 fully saturated rings. The normalized spacial score (nSPS) is 21.1. The van der Waals surface area contributed by atoms with Gasteiger partial charge in [-0.3, -0.25) is 4.90 Å². The molecular weight excluding hydrogens is 246 g/mol. The number of likely N-dealkylation sites (N-methyl/N-ethyl adjacent to an activating group) is 1. The molecule has 1 saturated heterocycles. The number of piperazine rings is 1. The molecule has 1 aliphatic heterocycles. The minimum absolute atomic E-state index is 0.555. The van der Waals surface area contributed by atoms with E-state index in [0.717, 1.165) is 26.2 Å². The van der Waals surface area contributed by atoms with E-state index in [4.69, 9.17) is 0 Å². The predicted molar refractivity (Wildman–Crippen MR) is 87.9 cm³/mol. The van der Waals surface area contributed by atoms with Gasteiger partial charge in [0.2, 0.25) is 0 Å². The van der Waals surface area contributed by atoms with Gasteiger partial charge in [0.25, 0.3) is 0 Å². The summed E-state index contributed by atoms with van der Waals surface area (Å²) in [6, 6.07) is 9.11. The van der Waals surface area contributed by atoms with E-state index in [0.29, 0.717) is 6.04 Å². The van der Waals surface area contributed by atoms with Crippen LogP contribution in [0.2, 0.25) is 0 Å². The standard InChI is InChI=1S/C17H27N3/c1-5-17(15-9-7-8-10-16(15)18-4)20-12-11-19(6-2)13-14(20)3/h5,7-10,14,18H,6,11-13H2,1-4H3/b17-5+. The van der Waals surface area contributed by atoms with Gasteiger partial charge in [0, 0.05) is 49.7 Å². The highest BCUT2D eigenvalue weighted by Gasteiger charge is 2.25. The van der Waals surface area contributed by atoms with Crippen LogP contribution < -0.4 is 5.32 Å². The van der Waals surface area contributed by atoms with Gasteiger partial charge in [0.05, 0.1) is 0 Å². The van der Waals surface area contributed by atoms with E-state index in [9.17, 15) is 0 Å². The smallest absolute Gasteiger partial charge is 0.0432 e. The Kier molecular flexibility index (Phi) is 5.07. The average molecular weight is 273 g/mol. The summed E-state index contributed by atoms with van der Waals surface area (Å²) in [5, 5.41) is 3.31. The molecule has 0 bridgehead atoms. The van der Waals surface area contributed by atoms with Gasteiger partial charge in [-0.2, -0.15) is 0 Å². The highest BCUT2D eigenvalue weighted by atomic mass is 15.3. The third-order valence-electron chi connectivity index (χ3n) is 4.21. The molecule has 1 N–H and O–H groups in total. The van der Waals surface area contributed by atoms with E-state index in [2.05, 4.69) is 66.2 Å². The van der Waals surface area contributed by atoms with Gasteiger partial charge in [0.15, 0.2) is 0 Å². The Morgan fingerprint density at radius 2 is 2.10 bits per heavy atom. The average Bonchev–Trinajstić information content (AvgIpc) is 2.50. The van der Waals surface area contributed by atoms with Gasteiger partial charge in [-0.25, -0.2) is 0 Å². The minimum Gasteiger partial charge on any atom is -0.388 e. The molecule has 0 spiro atoms. The first-order valence-electron chi connectivity index (χ1n) is 7.63. The SMILES string of the molecule is C/C=C(\c1ccccc1NC)N1CCN(CC)CC1C. The third kappa shape index (κ3) is 2.98. The van der Waals surface area contributed by atoms with Gasteiger partial charge < -0.3 is 10.2 Å². The Balaban J connectivity index is 2.25. The van der Waals surface area contributed by atoms with Crippen LogP contribution in [0.3, 0.4) is 0 Å². The summed E-state index contributed by atoms with van der Waals surface area (Å²) >= 11 is 0. The Morgan fingerprint density at radius 1 is 1.35 bits per heavy atom. The molecule has 1 heterocycles. The van der Waals surface area contributed by atoms with Crippen molar-refractivity contribution in [2.75, 3.05) is 38.5 Å². The molecule has 20 heavy (non-hydrogen) atoms. The van der Waals surface area contributed by atoms with E-state index < -0.39 is 0 Å². The van der Waals surface area contributed by atoms with Crippen molar-refractivity contribution in [2.45, 2.75) is 26.8 Å². The molecule has 1 aliphatic rings. The van der Waals surface area contributed by atoms with Crippen LogP contribution in [-0.2, 0) is 0 Å². The van der Waals surface area contributed by atoms with Crippen LogP contribution in [0.1, 0.15) is 26.3 Å². The van der Waals surface area contributed by atoms with Crippen LogP contribution in [0.4, 0.5) is 5.69 Å². The van der Waals surface area contributed by atoms with Crippen LogP contribution in [0.25, 0.3) is 5.70 Å². The summed E-state index contributed by atoms with van der Waals surface area (Å²) in [6.45, 7) is 11.3. The Bertz CT molecular complexity index is 467. The zero-order valence-electron chi connectivity index (χ0n) is 13.2. The van der Waals surface area contributed by atoms with Crippen LogP contribution in [0.5, 0.6) is 0 Å². The minimum atomic E-state index is 0.555. The van der Waals surface area contributed by atoms with Gasteiger partial charge in [-0.05, 0) is 26.5 Å². The lowest BCUT2D eigenvalue weighted by Gasteiger charge is -2.42. The molecule has 2 rings (SSSR count). The highest BCUT2D eigenvalue weighted by molar-refractivity contribution is 5.75. The quantitative estimate of drug-likeness (QED) is 0.909. The van der Waals surface area contributed by atoms with Crippen molar-refractivity contribution in [1.29, 1.82) is 0 Å². The van der Waals surface area contributed by atoms with E-state index in [1.807, 2.05) is 7.05 Å². The molecule has 110 valence electrons. The van der Waals surface area contributed by atoms with Gasteiger partial charge >= 0.3 is 0 Å². The molecule has 1 aromatic carbocycles. The lowest BCUT2D eigenvalue weighted by molar-refractivity contribution is 0.134. The molecule has 0 amide bonds. The molecule has 1 unspecified atom stereocenters. The monoisotopic (exact) mass is 273 g/mol. The second kappa shape index (κ2) is 6.80. The number of para-hydroxylation sites is 1. The van der Waals surface area contributed by atoms with E-state index >= 15 is 0 Å². The van der Waals surface area contributed by atoms with Gasteiger partial charge in [0.1, 0.15) is 0 Å². The summed E-state index contributed by atoms with van der Waals surface area (Å²) in [5.74, 6) is 0. The first-order valence-corrected chi connectivity index (χ1v) is 7.63. The maximum Gasteiger partial charge on any atom is 0.0432 e. The molecule has 3 heteroatoms. The van der Waals surface area contributed by atoms with E-state index in [1.165, 1.54) is 16.9 Å². The van der Waals surface area contributed by atoms with Crippen molar-refractivity contribution in [3.8, 4) is 0 Å². The number of allylic oxidation sites excluding steroid dienone is 1. The van der Waals surface area contributed by atoms with Crippen molar-refractivity contribution < 1.29 is 0 Å². The lowest BCUT2D eigenvalue weighted by Crippen LogP contribution is -2.50. The molecule has 3 nitrogen and oxygen atoms in total. The molecular formula is C17H27N3. The molecule has 1 atom stereocenters. The first kappa shape index (κ1) is 14.9. The second-order valence-electron chi connectivity index (χ2n) is 5.41. The fourth-order valence-corrected chi connectivity index (χ4v) is 3.08. The Morgan fingerprint density at radius 3 is 2.70 bits per heavy atom. The number of hydrogen-bond donors (Lipinski definition) is 1. The Labute approximate surface area is 123 Å². The van der Waals surface area contributed by atoms with Crippen molar-refractivity contribution in [1.82, 2.24) is 9.80 Å². The van der Waals surface area contributed by atoms with Crippen molar-refractivity contribution >= 4 is 11.4 Å². The largest absolute Gasteiger partial charge is 0.388 e. The number of rotatable bonds is 4. The lowest BCUT2D eigenvalue weighted by atomic mass is 10.0. The molecule has 0 aliphatic carbocycles. The zero-order chi connectivity index (χ0) is 14.5. The molecule has 1 aromatic rings. The maximum atomic E-state index is 3.31. The summed E-state index contributed by atoms with van der Waals surface area (Å²) in [4.78, 5) is 5.07. The van der Waals surface area contributed by atoms with Crippen LogP contribution in [-0.4, -0.2) is 49.1 Å². The van der Waals surface area contributed by atoms with Crippen molar-refractivity contribution in [3.63, 3.8) is 0 Å². The predicted octanol–water partition coefficient (Wildman–Crippen LogP) is 3.12. The third-order valence-corrected chi connectivity index (χ3v) is 4.21. The van der Waals surface area contributed by atoms with Gasteiger partial charge in [-0.15, -0.1) is 0 Å². The molecule has 0 aromatic heterocycles. The van der Waals surface area contributed by atoms with Gasteiger partial charge in [-0.1, -0.05) is 31.2 Å². The summed E-state index contributed by atoms with van der Waals surface area (Å²) in [6.07, 6.45) is 2.24. The first-order chi connectivity index (χ1) is 9.71. The number of benzene rings is 1. The number of anilines is 1. The zero-order valence-corrected chi connectivity index (χ0v) is 13.2. The van der Waals surface area contributed by atoms with E-state index in [-0.39, 0.29) is 0 Å². The second-order valence-corrected chi connectivity index (χ2v) is 5.41. The highest BCUT2D eigenvalue weighted by Crippen LogP contribution is 2.29. The van der Waals surface area contributed by atoms with Crippen LogP contribution in [0, 0.1) is 0 Å². The molecule has 0 saturated carbocycles.